The molecule has 4 atom stereocenters. The molecule has 0 amide bonds. The van der Waals surface area contributed by atoms with Gasteiger partial charge in [0.25, 0.3) is 0 Å². The van der Waals surface area contributed by atoms with Crippen molar-refractivity contribution in [3.8, 4) is 0 Å². The Morgan fingerprint density at radius 1 is 1.44 bits per heavy atom. The Balaban J connectivity index is 2.59. The van der Waals surface area contributed by atoms with E-state index >= 15 is 0 Å². The van der Waals surface area contributed by atoms with Crippen LogP contribution in [0.1, 0.15) is 34.1 Å². The van der Waals surface area contributed by atoms with Crippen LogP contribution in [-0.4, -0.2) is 32.1 Å². The van der Waals surface area contributed by atoms with Gasteiger partial charge in [0.15, 0.2) is 0 Å². The fourth-order valence-electron chi connectivity index (χ4n) is 2.76. The number of aldehydes is 1. The van der Waals surface area contributed by atoms with E-state index in [1.807, 2.05) is 6.92 Å². The SMILES string of the molecule is COCOC(C)C(C[C@H]1[C@@H](C=O)C1(C)C)C(C)=O. The molecule has 18 heavy (non-hydrogen) atoms. The summed E-state index contributed by atoms with van der Waals surface area (Å²) in [5.41, 5.74) is 0.0242. The van der Waals surface area contributed by atoms with E-state index in [2.05, 4.69) is 13.8 Å². The second-order valence-corrected chi connectivity index (χ2v) is 5.82. The summed E-state index contributed by atoms with van der Waals surface area (Å²) in [5.74, 6) is 0.326. The zero-order valence-electron chi connectivity index (χ0n) is 11.9. The molecule has 1 fully saturated rings. The molecule has 1 aliphatic carbocycles. The van der Waals surface area contributed by atoms with Crippen molar-refractivity contribution in [2.75, 3.05) is 13.9 Å². The smallest absolute Gasteiger partial charge is 0.146 e. The summed E-state index contributed by atoms with van der Waals surface area (Å²) in [6.07, 6.45) is 1.56. The van der Waals surface area contributed by atoms with E-state index < -0.39 is 0 Å². The highest BCUT2D eigenvalue weighted by atomic mass is 16.7. The molecule has 0 saturated heterocycles. The topological polar surface area (TPSA) is 52.6 Å². The van der Waals surface area contributed by atoms with Gasteiger partial charge in [-0.05, 0) is 31.6 Å². The highest BCUT2D eigenvalue weighted by Crippen LogP contribution is 2.59. The Morgan fingerprint density at radius 2 is 2.06 bits per heavy atom. The number of carbonyl (C=O) groups is 2. The highest BCUT2D eigenvalue weighted by molar-refractivity contribution is 5.79. The predicted molar refractivity (Wildman–Crippen MR) is 68.0 cm³/mol. The van der Waals surface area contributed by atoms with Gasteiger partial charge in [0.1, 0.15) is 18.9 Å². The average molecular weight is 256 g/mol. The third-order valence-electron chi connectivity index (χ3n) is 4.33. The molecular weight excluding hydrogens is 232 g/mol. The fourth-order valence-corrected chi connectivity index (χ4v) is 2.76. The van der Waals surface area contributed by atoms with Crippen LogP contribution >= 0.6 is 0 Å². The lowest BCUT2D eigenvalue weighted by atomic mass is 9.90. The lowest BCUT2D eigenvalue weighted by Crippen LogP contribution is -2.28. The highest BCUT2D eigenvalue weighted by Gasteiger charge is 2.58. The summed E-state index contributed by atoms with van der Waals surface area (Å²) in [6.45, 7) is 7.82. The Hall–Kier alpha value is -0.740. The maximum absolute atomic E-state index is 11.7. The predicted octanol–water partition coefficient (Wildman–Crippen LogP) is 2.06. The minimum atomic E-state index is -0.175. The first-order valence-electron chi connectivity index (χ1n) is 6.42. The third kappa shape index (κ3) is 3.18. The van der Waals surface area contributed by atoms with E-state index in [4.69, 9.17) is 9.47 Å². The molecular formula is C14H24O4. The molecule has 4 nitrogen and oxygen atoms in total. The number of rotatable bonds is 8. The van der Waals surface area contributed by atoms with Gasteiger partial charge in [-0.15, -0.1) is 0 Å². The Morgan fingerprint density at radius 3 is 2.44 bits per heavy atom. The number of ketones is 1. The molecule has 0 aromatic carbocycles. The Bertz CT molecular complexity index is 311. The molecule has 0 aliphatic heterocycles. The summed E-state index contributed by atoms with van der Waals surface area (Å²) in [4.78, 5) is 22.7. The van der Waals surface area contributed by atoms with Crippen LogP contribution in [0.25, 0.3) is 0 Å². The van der Waals surface area contributed by atoms with Gasteiger partial charge in [-0.25, -0.2) is 0 Å². The maximum Gasteiger partial charge on any atom is 0.146 e. The van der Waals surface area contributed by atoms with Gasteiger partial charge in [0.05, 0.1) is 6.10 Å². The molecule has 4 heteroatoms. The van der Waals surface area contributed by atoms with E-state index in [9.17, 15) is 9.59 Å². The number of hydrogen-bond donors (Lipinski definition) is 0. The van der Waals surface area contributed by atoms with Crippen molar-refractivity contribution in [1.82, 2.24) is 0 Å². The lowest BCUT2D eigenvalue weighted by molar-refractivity contribution is -0.132. The second-order valence-electron chi connectivity index (χ2n) is 5.82. The number of methoxy groups -OCH3 is 1. The first kappa shape index (κ1) is 15.3. The van der Waals surface area contributed by atoms with Crippen LogP contribution < -0.4 is 0 Å². The minimum absolute atomic E-state index is 0.0242. The zero-order valence-corrected chi connectivity index (χ0v) is 11.9. The molecule has 0 bridgehead atoms. The van der Waals surface area contributed by atoms with Crippen LogP contribution in [-0.2, 0) is 19.1 Å². The Labute approximate surface area is 109 Å². The van der Waals surface area contributed by atoms with Gasteiger partial charge in [-0.1, -0.05) is 13.8 Å². The summed E-state index contributed by atoms with van der Waals surface area (Å²) in [6, 6.07) is 0. The standard InChI is InChI=1S/C14H24O4/c1-9(16)11(10(2)18-8-17-5)6-12-13(7-15)14(12,3)4/h7,10-13H,6,8H2,1-5H3/t10?,11?,12-,13+/m0/s1. The van der Waals surface area contributed by atoms with Crippen molar-refractivity contribution in [2.45, 2.75) is 40.2 Å². The molecule has 0 spiro atoms. The van der Waals surface area contributed by atoms with Gasteiger partial charge in [-0.2, -0.15) is 0 Å². The number of ether oxygens (including phenoxy) is 2. The van der Waals surface area contributed by atoms with E-state index in [1.165, 1.54) is 0 Å². The number of carbonyl (C=O) groups excluding carboxylic acids is 2. The maximum atomic E-state index is 11.7. The number of hydrogen-bond acceptors (Lipinski definition) is 4. The number of Topliss-reactive ketones (excluding diaryl/α,β-unsaturated/α-hetero) is 1. The third-order valence-corrected chi connectivity index (χ3v) is 4.33. The van der Waals surface area contributed by atoms with Crippen LogP contribution in [0.15, 0.2) is 0 Å². The fraction of sp³-hybridized carbons (Fsp3) is 0.857. The van der Waals surface area contributed by atoms with Crippen LogP contribution in [0.4, 0.5) is 0 Å². The van der Waals surface area contributed by atoms with E-state index in [1.54, 1.807) is 14.0 Å². The molecule has 104 valence electrons. The van der Waals surface area contributed by atoms with Crippen LogP contribution in [0.2, 0.25) is 0 Å². The quantitative estimate of drug-likeness (QED) is 0.493. The first-order chi connectivity index (χ1) is 8.36. The molecule has 0 N–H and O–H groups in total. The van der Waals surface area contributed by atoms with Crippen molar-refractivity contribution in [2.24, 2.45) is 23.2 Å². The summed E-state index contributed by atoms with van der Waals surface area (Å²) >= 11 is 0. The Kier molecular flexibility index (Phi) is 5.05. The van der Waals surface area contributed by atoms with Gasteiger partial charge in [-0.3, -0.25) is 4.79 Å². The van der Waals surface area contributed by atoms with E-state index in [-0.39, 0.29) is 41.8 Å². The van der Waals surface area contributed by atoms with Gasteiger partial charge in [0, 0.05) is 18.9 Å². The first-order valence-corrected chi connectivity index (χ1v) is 6.42. The molecule has 0 aromatic heterocycles. The molecule has 2 unspecified atom stereocenters. The van der Waals surface area contributed by atoms with Gasteiger partial charge < -0.3 is 14.3 Å². The molecule has 1 rings (SSSR count). The van der Waals surface area contributed by atoms with Crippen molar-refractivity contribution in [1.29, 1.82) is 0 Å². The largest absolute Gasteiger partial charge is 0.359 e. The molecule has 0 radical (unpaired) electrons. The second kappa shape index (κ2) is 5.93. The van der Waals surface area contributed by atoms with Crippen LogP contribution in [0, 0.1) is 23.2 Å². The minimum Gasteiger partial charge on any atom is -0.359 e. The molecule has 0 heterocycles. The van der Waals surface area contributed by atoms with Gasteiger partial charge >= 0.3 is 0 Å². The molecule has 1 saturated carbocycles. The van der Waals surface area contributed by atoms with Crippen molar-refractivity contribution < 1.29 is 19.1 Å². The van der Waals surface area contributed by atoms with Gasteiger partial charge in [0.2, 0.25) is 0 Å². The summed E-state index contributed by atoms with van der Waals surface area (Å²) in [7, 11) is 1.56. The normalized spacial score (nSPS) is 28.5. The van der Waals surface area contributed by atoms with Crippen molar-refractivity contribution in [3.63, 3.8) is 0 Å². The van der Waals surface area contributed by atoms with Crippen LogP contribution in [0.3, 0.4) is 0 Å². The summed E-state index contributed by atoms with van der Waals surface area (Å²) < 4.78 is 10.3. The van der Waals surface area contributed by atoms with Crippen molar-refractivity contribution >= 4 is 12.1 Å². The van der Waals surface area contributed by atoms with E-state index in [0.717, 1.165) is 12.7 Å². The van der Waals surface area contributed by atoms with E-state index in [0.29, 0.717) is 0 Å². The summed E-state index contributed by atoms with van der Waals surface area (Å²) in [5, 5.41) is 0. The zero-order chi connectivity index (χ0) is 13.9. The lowest BCUT2D eigenvalue weighted by Gasteiger charge is -2.22. The monoisotopic (exact) mass is 256 g/mol. The molecule has 0 aromatic rings. The average Bonchev–Trinajstić information content (AvgIpc) is 2.82. The van der Waals surface area contributed by atoms with Crippen molar-refractivity contribution in [3.05, 3.63) is 0 Å². The van der Waals surface area contributed by atoms with Crippen LogP contribution in [0.5, 0.6) is 0 Å². The molecule has 1 aliphatic rings.